The summed E-state index contributed by atoms with van der Waals surface area (Å²) in [5.74, 6) is -0.137. The number of halogens is 1. The maximum atomic E-state index is 12.9. The zero-order valence-electron chi connectivity index (χ0n) is 8.52. The zero-order chi connectivity index (χ0) is 9.97. The van der Waals surface area contributed by atoms with Crippen molar-refractivity contribution in [3.05, 3.63) is 35.1 Å². The van der Waals surface area contributed by atoms with Gasteiger partial charge in [0.2, 0.25) is 0 Å². The van der Waals surface area contributed by atoms with Gasteiger partial charge in [0.15, 0.2) is 0 Å². The van der Waals surface area contributed by atoms with Crippen molar-refractivity contribution in [1.29, 1.82) is 0 Å². The third-order valence-electron chi connectivity index (χ3n) is 2.92. The molecule has 0 radical (unpaired) electrons. The van der Waals surface area contributed by atoms with Gasteiger partial charge in [-0.2, -0.15) is 0 Å². The van der Waals surface area contributed by atoms with Crippen LogP contribution in [0.15, 0.2) is 18.2 Å². The summed E-state index contributed by atoms with van der Waals surface area (Å²) in [5.41, 5.74) is 2.32. The lowest BCUT2D eigenvalue weighted by Gasteiger charge is -2.25. The lowest BCUT2D eigenvalue weighted by Crippen LogP contribution is -2.27. The van der Waals surface area contributed by atoms with E-state index in [-0.39, 0.29) is 5.82 Å². The van der Waals surface area contributed by atoms with E-state index in [0.29, 0.717) is 6.04 Å². The molecule has 1 heterocycles. The van der Waals surface area contributed by atoms with E-state index in [9.17, 15) is 4.39 Å². The fourth-order valence-electron chi connectivity index (χ4n) is 2.15. The molecule has 1 atom stereocenters. The number of nitrogens with one attached hydrogen (secondary N) is 1. The van der Waals surface area contributed by atoms with Crippen LogP contribution in [0.5, 0.6) is 0 Å². The Labute approximate surface area is 84.3 Å². The highest BCUT2D eigenvalue weighted by atomic mass is 19.1. The number of hydrogen-bond donors (Lipinski definition) is 1. The molecule has 0 unspecified atom stereocenters. The van der Waals surface area contributed by atoms with E-state index >= 15 is 0 Å². The van der Waals surface area contributed by atoms with Gasteiger partial charge in [-0.25, -0.2) is 4.39 Å². The normalized spacial score (nSPS) is 22.3. The molecule has 1 N–H and O–H groups in total. The summed E-state index contributed by atoms with van der Waals surface area (Å²) in [6.07, 6.45) is 3.71. The summed E-state index contributed by atoms with van der Waals surface area (Å²) in [4.78, 5) is 0. The standard InChI is InChI=1S/C12H16FN/c1-9-8-10(13)5-6-11(9)12-4-2-3-7-14-12/h5-6,8,12,14H,2-4,7H2,1H3/t12-/m1/s1. The van der Waals surface area contributed by atoms with Crippen LogP contribution >= 0.6 is 0 Å². The van der Waals surface area contributed by atoms with E-state index in [4.69, 9.17) is 0 Å². The average Bonchev–Trinajstić information content (AvgIpc) is 2.19. The van der Waals surface area contributed by atoms with Crippen LogP contribution in [0.4, 0.5) is 4.39 Å². The minimum Gasteiger partial charge on any atom is -0.310 e. The Morgan fingerprint density at radius 2 is 2.21 bits per heavy atom. The Morgan fingerprint density at radius 1 is 1.36 bits per heavy atom. The highest BCUT2D eigenvalue weighted by Crippen LogP contribution is 2.25. The van der Waals surface area contributed by atoms with Crippen LogP contribution in [0.1, 0.15) is 36.4 Å². The van der Waals surface area contributed by atoms with Crippen LogP contribution in [0.3, 0.4) is 0 Å². The van der Waals surface area contributed by atoms with Crippen LogP contribution in [0, 0.1) is 12.7 Å². The van der Waals surface area contributed by atoms with Gasteiger partial charge in [-0.1, -0.05) is 12.5 Å². The molecule has 2 heteroatoms. The Balaban J connectivity index is 2.22. The van der Waals surface area contributed by atoms with E-state index in [1.54, 1.807) is 12.1 Å². The number of piperidine rings is 1. The van der Waals surface area contributed by atoms with Gasteiger partial charge in [-0.15, -0.1) is 0 Å². The molecule has 1 saturated heterocycles. The smallest absolute Gasteiger partial charge is 0.123 e. The fraction of sp³-hybridized carbons (Fsp3) is 0.500. The van der Waals surface area contributed by atoms with E-state index in [1.807, 2.05) is 13.0 Å². The Bertz CT molecular complexity index is 316. The second-order valence-electron chi connectivity index (χ2n) is 4.00. The third-order valence-corrected chi connectivity index (χ3v) is 2.92. The van der Waals surface area contributed by atoms with Crippen molar-refractivity contribution in [2.24, 2.45) is 0 Å². The summed E-state index contributed by atoms with van der Waals surface area (Å²) in [5, 5.41) is 3.47. The maximum Gasteiger partial charge on any atom is 0.123 e. The number of rotatable bonds is 1. The van der Waals surface area contributed by atoms with Gasteiger partial charge in [0.05, 0.1) is 0 Å². The van der Waals surface area contributed by atoms with Crippen LogP contribution in [-0.2, 0) is 0 Å². The number of hydrogen-bond acceptors (Lipinski definition) is 1. The summed E-state index contributed by atoms with van der Waals surface area (Å²) >= 11 is 0. The SMILES string of the molecule is Cc1cc(F)ccc1[C@H]1CCCCN1. The third kappa shape index (κ3) is 1.95. The van der Waals surface area contributed by atoms with Gasteiger partial charge in [0.1, 0.15) is 5.82 Å². The second-order valence-corrected chi connectivity index (χ2v) is 4.00. The first-order valence-electron chi connectivity index (χ1n) is 5.27. The minimum atomic E-state index is -0.137. The van der Waals surface area contributed by atoms with Crippen molar-refractivity contribution < 1.29 is 4.39 Å². The number of aryl methyl sites for hydroxylation is 1. The molecule has 1 aliphatic rings. The zero-order valence-corrected chi connectivity index (χ0v) is 8.52. The first-order valence-corrected chi connectivity index (χ1v) is 5.27. The quantitative estimate of drug-likeness (QED) is 0.723. The van der Waals surface area contributed by atoms with Crippen molar-refractivity contribution in [2.45, 2.75) is 32.2 Å². The largest absolute Gasteiger partial charge is 0.310 e. The topological polar surface area (TPSA) is 12.0 Å². The predicted octanol–water partition coefficient (Wildman–Crippen LogP) is 2.95. The highest BCUT2D eigenvalue weighted by molar-refractivity contribution is 5.29. The summed E-state index contributed by atoms with van der Waals surface area (Å²) < 4.78 is 12.9. The lowest BCUT2D eigenvalue weighted by atomic mass is 9.94. The van der Waals surface area contributed by atoms with Crippen molar-refractivity contribution in [3.8, 4) is 0 Å². The molecule has 0 spiro atoms. The summed E-state index contributed by atoms with van der Waals surface area (Å²) in [7, 11) is 0. The summed E-state index contributed by atoms with van der Waals surface area (Å²) in [6.45, 7) is 3.07. The minimum absolute atomic E-state index is 0.137. The van der Waals surface area contributed by atoms with Gasteiger partial charge in [0.25, 0.3) is 0 Å². The van der Waals surface area contributed by atoms with E-state index < -0.39 is 0 Å². The van der Waals surface area contributed by atoms with Crippen LogP contribution in [-0.4, -0.2) is 6.54 Å². The fourth-order valence-corrected chi connectivity index (χ4v) is 2.15. The van der Waals surface area contributed by atoms with Crippen molar-refractivity contribution in [2.75, 3.05) is 6.54 Å². The molecule has 1 aromatic rings. The predicted molar refractivity (Wildman–Crippen MR) is 55.7 cm³/mol. The van der Waals surface area contributed by atoms with Crippen LogP contribution < -0.4 is 5.32 Å². The lowest BCUT2D eigenvalue weighted by molar-refractivity contribution is 0.410. The summed E-state index contributed by atoms with van der Waals surface area (Å²) in [6, 6.07) is 5.52. The molecule has 0 amide bonds. The van der Waals surface area contributed by atoms with Gasteiger partial charge < -0.3 is 5.32 Å². The van der Waals surface area contributed by atoms with Crippen molar-refractivity contribution in [1.82, 2.24) is 5.32 Å². The molecule has 1 aliphatic heterocycles. The first kappa shape index (κ1) is 9.66. The molecule has 0 aliphatic carbocycles. The highest BCUT2D eigenvalue weighted by Gasteiger charge is 2.16. The molecule has 0 saturated carbocycles. The van der Waals surface area contributed by atoms with Gasteiger partial charge in [-0.3, -0.25) is 0 Å². The molecule has 1 nitrogen and oxygen atoms in total. The first-order chi connectivity index (χ1) is 6.77. The molecule has 14 heavy (non-hydrogen) atoms. The Kier molecular flexibility index (Phi) is 2.82. The Hall–Kier alpha value is -0.890. The molecular weight excluding hydrogens is 177 g/mol. The second kappa shape index (κ2) is 4.09. The monoisotopic (exact) mass is 193 g/mol. The van der Waals surface area contributed by atoms with Crippen molar-refractivity contribution in [3.63, 3.8) is 0 Å². The molecule has 0 bridgehead atoms. The molecule has 1 fully saturated rings. The van der Waals surface area contributed by atoms with Crippen LogP contribution in [0.2, 0.25) is 0 Å². The molecule has 0 aromatic heterocycles. The van der Waals surface area contributed by atoms with Gasteiger partial charge in [0, 0.05) is 6.04 Å². The van der Waals surface area contributed by atoms with Gasteiger partial charge in [-0.05, 0) is 49.6 Å². The molecule has 76 valence electrons. The molecular formula is C12H16FN. The van der Waals surface area contributed by atoms with Crippen molar-refractivity contribution >= 4 is 0 Å². The number of benzene rings is 1. The van der Waals surface area contributed by atoms with E-state index in [1.165, 1.54) is 24.8 Å². The van der Waals surface area contributed by atoms with Gasteiger partial charge >= 0.3 is 0 Å². The molecule has 2 rings (SSSR count). The van der Waals surface area contributed by atoms with Crippen LogP contribution in [0.25, 0.3) is 0 Å². The van der Waals surface area contributed by atoms with E-state index in [0.717, 1.165) is 12.1 Å². The van der Waals surface area contributed by atoms with E-state index in [2.05, 4.69) is 5.32 Å². The molecule has 1 aromatic carbocycles. The average molecular weight is 193 g/mol. The Morgan fingerprint density at radius 3 is 2.86 bits per heavy atom. The maximum absolute atomic E-state index is 12.9.